The van der Waals surface area contributed by atoms with Crippen LogP contribution in [0.5, 0.6) is 0 Å². The van der Waals surface area contributed by atoms with Crippen molar-refractivity contribution in [2.24, 2.45) is 0 Å². The van der Waals surface area contributed by atoms with Crippen LogP contribution in [0, 0.1) is 0 Å². The zero-order valence-electron chi connectivity index (χ0n) is 21.9. The van der Waals surface area contributed by atoms with E-state index in [9.17, 15) is 24.1 Å². The summed E-state index contributed by atoms with van der Waals surface area (Å²) in [4.78, 5) is 31.0. The van der Waals surface area contributed by atoms with E-state index in [-0.39, 0.29) is 29.4 Å². The van der Waals surface area contributed by atoms with E-state index in [0.717, 1.165) is 0 Å². The van der Waals surface area contributed by atoms with Crippen molar-refractivity contribution in [1.29, 1.82) is 0 Å². The molecule has 2 aliphatic rings. The largest absolute Gasteiger partial charge is 0.394 e. The number of fused-ring (bicyclic) bond motifs is 2. The molecule has 0 amide bonds. The van der Waals surface area contributed by atoms with E-state index in [1.165, 1.54) is 21.8 Å². The van der Waals surface area contributed by atoms with Crippen molar-refractivity contribution >= 4 is 72.3 Å². The number of aliphatic hydroxyl groups excluding tert-OH is 2. The van der Waals surface area contributed by atoms with Gasteiger partial charge in [0.1, 0.15) is 42.3 Å². The van der Waals surface area contributed by atoms with Gasteiger partial charge in [0.05, 0.1) is 36.7 Å². The third kappa shape index (κ3) is 5.61. The highest BCUT2D eigenvalue weighted by molar-refractivity contribution is 8.46. The molecule has 22 heteroatoms. The van der Waals surface area contributed by atoms with Gasteiger partial charge in [-0.1, -0.05) is 24.5 Å². The fourth-order valence-electron chi connectivity index (χ4n) is 5.34. The number of aliphatic hydroxyl groups is 2. The highest BCUT2D eigenvalue weighted by atomic mass is 32.7. The maximum Gasteiger partial charge on any atom is 0.280 e. The zero-order valence-corrected chi connectivity index (χ0v) is 25.6. The number of aromatic nitrogens is 7. The molecule has 6 heterocycles. The third-order valence-electron chi connectivity index (χ3n) is 7.30. The lowest BCUT2D eigenvalue weighted by atomic mass is 10.1. The highest BCUT2D eigenvalue weighted by Gasteiger charge is 2.50. The lowest BCUT2D eigenvalue weighted by Gasteiger charge is -2.26. The summed E-state index contributed by atoms with van der Waals surface area (Å²) in [6.07, 6.45) is -2.32. The van der Waals surface area contributed by atoms with Gasteiger partial charge < -0.3 is 44.8 Å². The number of nitrogens with zero attached hydrogens (tertiary/aromatic N) is 6. The van der Waals surface area contributed by atoms with E-state index in [0.29, 0.717) is 11.0 Å². The summed E-state index contributed by atoms with van der Waals surface area (Å²) in [7, 11) is -2.86. The normalized spacial score (nSPS) is 29.8. The first-order valence-electron chi connectivity index (χ1n) is 12.7. The second-order valence-corrected chi connectivity index (χ2v) is 15.5. The van der Waals surface area contributed by atoms with Gasteiger partial charge >= 0.3 is 0 Å². The number of hydrogen-bond acceptors (Lipinski definition) is 15. The van der Waals surface area contributed by atoms with E-state index in [1.54, 1.807) is 12.3 Å². The van der Waals surface area contributed by atoms with Gasteiger partial charge in [0.25, 0.3) is 12.1 Å². The van der Waals surface area contributed by atoms with Crippen LogP contribution in [-0.2, 0) is 27.7 Å². The van der Waals surface area contributed by atoms with Gasteiger partial charge in [0.15, 0.2) is 17.4 Å². The van der Waals surface area contributed by atoms with Crippen molar-refractivity contribution in [3.63, 3.8) is 0 Å². The molecule has 0 saturated carbocycles. The van der Waals surface area contributed by atoms with Crippen molar-refractivity contribution in [3.05, 3.63) is 35.3 Å². The molecule has 4 aromatic rings. The average molecular weight is 676 g/mol. The first kappa shape index (κ1) is 30.5. The molecule has 4 aromatic heterocycles. The van der Waals surface area contributed by atoms with E-state index in [4.69, 9.17) is 30.0 Å². The Hall–Kier alpha value is -2.51. The van der Waals surface area contributed by atoms with Crippen LogP contribution >= 0.6 is 38.3 Å². The van der Waals surface area contributed by atoms with E-state index in [1.807, 2.05) is 0 Å². The Bertz CT molecular complexity index is 1800. The number of aromatic amines is 1. The molecule has 2 fully saturated rings. The Morgan fingerprint density at radius 2 is 2.00 bits per heavy atom. The molecule has 9 atom stereocenters. The molecule has 232 valence electrons. The zero-order chi connectivity index (χ0) is 30.6. The predicted molar refractivity (Wildman–Crippen MR) is 159 cm³/mol. The van der Waals surface area contributed by atoms with Gasteiger partial charge in [-0.05, 0) is 12.5 Å². The minimum absolute atomic E-state index is 0.0233. The van der Waals surface area contributed by atoms with Crippen LogP contribution in [0.15, 0.2) is 29.7 Å². The second-order valence-electron chi connectivity index (χ2n) is 9.89. The number of hydrogen-bond donors (Lipinski definition) is 7. The molecule has 2 aliphatic heterocycles. The van der Waals surface area contributed by atoms with E-state index in [2.05, 4.69) is 49.4 Å². The number of rotatable bonds is 9. The molecule has 7 N–H and O–H groups in total. The van der Waals surface area contributed by atoms with Crippen molar-refractivity contribution < 1.29 is 37.9 Å². The van der Waals surface area contributed by atoms with Gasteiger partial charge in [-0.2, -0.15) is 4.98 Å². The van der Waals surface area contributed by atoms with Crippen LogP contribution in [0.1, 0.15) is 18.9 Å². The Balaban J connectivity index is 1.26. The monoisotopic (exact) mass is 675 g/mol. The van der Waals surface area contributed by atoms with Crippen LogP contribution in [0.25, 0.3) is 22.2 Å². The number of imidazole rings is 1. The fourth-order valence-corrected chi connectivity index (χ4v) is 8.64. The highest BCUT2D eigenvalue weighted by Crippen LogP contribution is 2.64. The van der Waals surface area contributed by atoms with Crippen LogP contribution in [0.3, 0.4) is 0 Å². The van der Waals surface area contributed by atoms with Gasteiger partial charge in [-0.15, -0.1) is 0 Å². The number of nitrogens with two attached hydrogens (primary N) is 2. The van der Waals surface area contributed by atoms with Gasteiger partial charge in [-0.3, -0.25) is 23.5 Å². The lowest BCUT2D eigenvalue weighted by molar-refractivity contribution is -0.0465. The molecular formula is C21H27N9O9P2S2. The number of ether oxygens (including phenoxy) is 2. The first-order valence-corrected chi connectivity index (χ1v) is 18.2. The van der Waals surface area contributed by atoms with Crippen LogP contribution < -0.4 is 17.0 Å². The van der Waals surface area contributed by atoms with Crippen molar-refractivity contribution in [3.8, 4) is 0 Å². The minimum atomic E-state index is -3.93. The minimum Gasteiger partial charge on any atom is -0.394 e. The maximum absolute atomic E-state index is 14.0. The number of nitrogen functional groups attached to an aromatic ring is 2. The van der Waals surface area contributed by atoms with Gasteiger partial charge in [0, 0.05) is 6.20 Å². The van der Waals surface area contributed by atoms with Crippen LogP contribution in [0.2, 0.25) is 0 Å². The van der Waals surface area contributed by atoms with Gasteiger partial charge in [-0.25, -0.2) is 15.0 Å². The maximum atomic E-state index is 14.0. The van der Waals surface area contributed by atoms with Gasteiger partial charge in [0.2, 0.25) is 13.2 Å². The quantitative estimate of drug-likeness (QED) is 0.0940. The molecule has 0 spiro atoms. The van der Waals surface area contributed by atoms with Crippen molar-refractivity contribution in [2.75, 3.05) is 24.7 Å². The third-order valence-corrected chi connectivity index (χ3v) is 11.1. The smallest absolute Gasteiger partial charge is 0.280 e. The fraction of sp³-hybridized carbons (Fsp3) is 0.476. The summed E-state index contributed by atoms with van der Waals surface area (Å²) in [5.41, 5.74) is 10.5. The number of H-pyrrole nitrogens is 1. The summed E-state index contributed by atoms with van der Waals surface area (Å²) in [5, 5.41) is 21.5. The summed E-state index contributed by atoms with van der Waals surface area (Å²) in [5.74, 6) is 0.0615. The van der Waals surface area contributed by atoms with Crippen molar-refractivity contribution in [1.82, 2.24) is 34.1 Å². The molecule has 18 nitrogen and oxygen atoms in total. The Kier molecular flexibility index (Phi) is 8.36. The summed E-state index contributed by atoms with van der Waals surface area (Å²) in [6, 6.07) is 1.65. The molecule has 3 unspecified atom stereocenters. The van der Waals surface area contributed by atoms with Crippen LogP contribution in [-0.4, -0.2) is 87.6 Å². The molecule has 43 heavy (non-hydrogen) atoms. The molecule has 0 bridgehead atoms. The number of thiol groups is 2. The Labute approximate surface area is 252 Å². The standard InChI is InChI=1S/C21H27N9O9P2S2/c22-15-9-1-2-29(16(9)25-6-24-15)20-13(32)14(39-40(34)42)10(38-20)5-36-41(35,43)11-3-8(4-31)37-19(11)30-7-26-12-17(30)27-21(23)28-18(12)33/h1-2,6-8,10-11,13-14,19-20,31-32,40H,3-5H2,(H,34,42)(H,35,43)(H2,22,24,25)(H3,23,27,28,33)/t8?,10-,11-,13-,14-,19-,20-,41?/m1/s1. The molecule has 0 aliphatic carbocycles. The predicted octanol–water partition coefficient (Wildman–Crippen LogP) is 0.480. The molecule has 0 radical (unpaired) electrons. The molecule has 0 aromatic carbocycles. The van der Waals surface area contributed by atoms with E-state index < -0.39 is 75.1 Å². The molecule has 2 saturated heterocycles. The SMILES string of the molecule is Nc1nc2c(ncn2[C@@H]2OC(CO)C[C@H]2P(=O)(S)OC[C@H]2O[C@@H](n3ccc4c(N)ncnc43)[C@H](O)[C@@H]2O[PH](=O)S)c(=O)[nH]1. The molecule has 6 rings (SSSR count). The average Bonchev–Trinajstić information content (AvgIpc) is 3.73. The second kappa shape index (κ2) is 11.8. The number of anilines is 2. The summed E-state index contributed by atoms with van der Waals surface area (Å²) in [6.45, 7) is -4.74. The summed E-state index contributed by atoms with van der Waals surface area (Å²) < 4.78 is 52.1. The summed E-state index contributed by atoms with van der Waals surface area (Å²) >= 11 is 8.24. The topological polar surface area (TPSA) is 258 Å². The van der Waals surface area contributed by atoms with Crippen molar-refractivity contribution in [2.45, 2.75) is 49.0 Å². The number of nitrogens with one attached hydrogen (secondary N) is 1. The molecular weight excluding hydrogens is 648 g/mol. The van der Waals surface area contributed by atoms with E-state index >= 15 is 0 Å². The Morgan fingerprint density at radius 1 is 1.21 bits per heavy atom. The Morgan fingerprint density at radius 3 is 2.74 bits per heavy atom. The lowest BCUT2D eigenvalue weighted by Crippen LogP contribution is -2.35. The first-order chi connectivity index (χ1) is 20.5. The van der Waals surface area contributed by atoms with Crippen LogP contribution in [0.4, 0.5) is 11.8 Å².